The molecule has 0 saturated carbocycles. The van der Waals surface area contributed by atoms with E-state index in [2.05, 4.69) is 42.3 Å². The van der Waals surface area contributed by atoms with Crippen molar-refractivity contribution in [3.05, 3.63) is 62.1 Å². The van der Waals surface area contributed by atoms with Crippen molar-refractivity contribution in [3.63, 3.8) is 0 Å². The predicted molar refractivity (Wildman–Crippen MR) is 165 cm³/mol. The van der Waals surface area contributed by atoms with Gasteiger partial charge in [-0.2, -0.15) is 4.68 Å². The van der Waals surface area contributed by atoms with Crippen LogP contribution in [0.3, 0.4) is 0 Å². The van der Waals surface area contributed by atoms with E-state index in [-0.39, 0.29) is 4.63 Å². The summed E-state index contributed by atoms with van der Waals surface area (Å²) in [6, 6.07) is 6.44. The molecule has 218 valence electrons. The van der Waals surface area contributed by atoms with Crippen molar-refractivity contribution in [1.29, 1.82) is 0 Å². The van der Waals surface area contributed by atoms with Crippen LogP contribution < -0.4 is 14.4 Å². The number of tetrazole rings is 1. The summed E-state index contributed by atoms with van der Waals surface area (Å²) < 4.78 is 11.8. The van der Waals surface area contributed by atoms with E-state index < -0.39 is 0 Å². The number of nitrogens with zero attached hydrogens (tertiary/aromatic N) is 7. The van der Waals surface area contributed by atoms with Gasteiger partial charge in [0.2, 0.25) is 5.95 Å². The van der Waals surface area contributed by atoms with Crippen LogP contribution in [0.2, 0.25) is 20.1 Å². The summed E-state index contributed by atoms with van der Waals surface area (Å²) in [5.41, 5.74) is 3.33. The standard InChI is InChI=1S/C17H19Cl2N7O.C8H5Cl4NO/c1-10-16(21-9-20-10)11-3-5-25(6-4-11)17-22-23-24-26(17)14-8-15(27-2)13(19)7-12(14)18;1-14-7-3-6(13-8(11)12)4(9)2-5(7)10/h7-9,11H,3-6H2,1-2H3,(H,20,21);2-3H,1H3. The Balaban J connectivity index is 0.000000234. The monoisotopic (exact) mass is 678 g/mol. The van der Waals surface area contributed by atoms with Crippen molar-refractivity contribution in [2.45, 2.75) is 25.7 Å². The number of H-pyrrole nitrogens is 1. The molecule has 0 radical (unpaired) electrons. The van der Waals surface area contributed by atoms with Gasteiger partial charge in [0, 0.05) is 36.8 Å². The number of aromatic nitrogens is 6. The van der Waals surface area contributed by atoms with Gasteiger partial charge in [-0.1, -0.05) is 51.5 Å². The van der Waals surface area contributed by atoms with Gasteiger partial charge in [0.05, 0.1) is 57.7 Å². The number of aryl methyl sites for hydroxylation is 1. The number of aromatic amines is 1. The normalized spacial score (nSPS) is 13.4. The Morgan fingerprint density at radius 2 is 1.56 bits per heavy atom. The fourth-order valence-corrected chi connectivity index (χ4v) is 5.58. The molecule has 0 unspecified atom stereocenters. The van der Waals surface area contributed by atoms with Crippen LogP contribution in [0.4, 0.5) is 11.6 Å². The van der Waals surface area contributed by atoms with E-state index in [0.717, 1.165) is 37.3 Å². The molecular formula is C25H24Cl6N8O2. The average molecular weight is 681 g/mol. The molecule has 1 aliphatic rings. The molecule has 16 heteroatoms. The first-order valence-corrected chi connectivity index (χ1v) is 14.4. The van der Waals surface area contributed by atoms with Gasteiger partial charge in [-0.05, 0) is 65.5 Å². The molecule has 0 spiro atoms. The van der Waals surface area contributed by atoms with Gasteiger partial charge in [-0.3, -0.25) is 0 Å². The van der Waals surface area contributed by atoms with Crippen LogP contribution in [0.15, 0.2) is 35.6 Å². The van der Waals surface area contributed by atoms with Gasteiger partial charge in [-0.25, -0.2) is 9.98 Å². The van der Waals surface area contributed by atoms with Crippen molar-refractivity contribution in [3.8, 4) is 17.2 Å². The number of anilines is 1. The van der Waals surface area contributed by atoms with Gasteiger partial charge in [0.15, 0.2) is 4.63 Å². The summed E-state index contributed by atoms with van der Waals surface area (Å²) in [5.74, 6) is 2.07. The zero-order chi connectivity index (χ0) is 29.7. The molecule has 10 nitrogen and oxygen atoms in total. The largest absolute Gasteiger partial charge is 0.495 e. The Morgan fingerprint density at radius 1 is 0.927 bits per heavy atom. The molecule has 3 heterocycles. The molecule has 1 fully saturated rings. The summed E-state index contributed by atoms with van der Waals surface area (Å²) in [4.78, 5) is 13.6. The van der Waals surface area contributed by atoms with E-state index in [1.807, 2.05) is 0 Å². The lowest BCUT2D eigenvalue weighted by molar-refractivity contribution is 0.414. The van der Waals surface area contributed by atoms with E-state index in [0.29, 0.717) is 54.8 Å². The van der Waals surface area contributed by atoms with Crippen molar-refractivity contribution in [2.75, 3.05) is 32.2 Å². The van der Waals surface area contributed by atoms with Crippen LogP contribution in [0.25, 0.3) is 5.69 Å². The fourth-order valence-electron chi connectivity index (χ4n) is 4.36. The average Bonchev–Trinajstić information content (AvgIpc) is 3.60. The third kappa shape index (κ3) is 7.49. The van der Waals surface area contributed by atoms with Crippen LogP contribution >= 0.6 is 69.6 Å². The minimum absolute atomic E-state index is 0.128. The number of nitrogens with one attached hydrogen (secondary N) is 1. The van der Waals surface area contributed by atoms with E-state index in [1.54, 1.807) is 36.3 Å². The van der Waals surface area contributed by atoms with E-state index in [9.17, 15) is 0 Å². The Morgan fingerprint density at radius 3 is 2.15 bits per heavy atom. The lowest BCUT2D eigenvalue weighted by atomic mass is 9.93. The minimum Gasteiger partial charge on any atom is -0.495 e. The smallest absolute Gasteiger partial charge is 0.250 e. The summed E-state index contributed by atoms with van der Waals surface area (Å²) in [6.45, 7) is 3.73. The topological polar surface area (TPSA) is 106 Å². The molecule has 0 bridgehead atoms. The molecule has 1 N–H and O–H groups in total. The highest BCUT2D eigenvalue weighted by Crippen LogP contribution is 2.37. The van der Waals surface area contributed by atoms with Gasteiger partial charge in [0.1, 0.15) is 11.5 Å². The quantitative estimate of drug-likeness (QED) is 0.207. The second kappa shape index (κ2) is 14.1. The van der Waals surface area contributed by atoms with Crippen LogP contribution in [-0.2, 0) is 0 Å². The molecule has 1 saturated heterocycles. The van der Waals surface area contributed by atoms with E-state index in [4.69, 9.17) is 79.1 Å². The van der Waals surface area contributed by atoms with Gasteiger partial charge in [-0.15, -0.1) is 0 Å². The van der Waals surface area contributed by atoms with E-state index in [1.165, 1.54) is 13.2 Å². The number of rotatable bonds is 6. The molecule has 2 aromatic heterocycles. The number of benzene rings is 2. The number of hydrogen-bond acceptors (Lipinski definition) is 8. The number of imidazole rings is 1. The Labute approximate surface area is 266 Å². The first-order chi connectivity index (χ1) is 19.6. The Kier molecular flexibility index (Phi) is 10.8. The van der Waals surface area contributed by atoms with Crippen LogP contribution in [0.5, 0.6) is 11.5 Å². The maximum absolute atomic E-state index is 6.38. The maximum Gasteiger partial charge on any atom is 0.250 e. The third-order valence-electron chi connectivity index (χ3n) is 6.36. The lowest BCUT2D eigenvalue weighted by Gasteiger charge is -2.31. The second-order valence-corrected chi connectivity index (χ2v) is 11.3. The second-order valence-electron chi connectivity index (χ2n) is 8.79. The summed E-state index contributed by atoms with van der Waals surface area (Å²) >= 11 is 35.0. The SMILES string of the molecule is COc1cc(-n2nnnc2N2CCC(c3nc[nH]c3C)CC2)c(Cl)cc1Cl.COc1cc(N=C(Cl)Cl)c(Cl)cc1Cl. The number of halogens is 6. The molecule has 0 aliphatic carbocycles. The summed E-state index contributed by atoms with van der Waals surface area (Å²) in [6.07, 6.45) is 3.72. The molecule has 5 rings (SSSR count). The zero-order valence-corrected chi connectivity index (χ0v) is 26.5. The molecule has 41 heavy (non-hydrogen) atoms. The lowest BCUT2D eigenvalue weighted by Crippen LogP contribution is -2.35. The molecule has 0 amide bonds. The van der Waals surface area contributed by atoms with Crippen molar-refractivity contribution >= 4 is 85.9 Å². The number of methoxy groups -OCH3 is 2. The molecule has 2 aromatic carbocycles. The number of aliphatic imine (C=N–C) groups is 1. The highest BCUT2D eigenvalue weighted by atomic mass is 35.5. The molecule has 1 aliphatic heterocycles. The highest BCUT2D eigenvalue weighted by Gasteiger charge is 2.27. The number of hydrogen-bond donors (Lipinski definition) is 1. The first kappa shape index (κ1) is 31.5. The highest BCUT2D eigenvalue weighted by molar-refractivity contribution is 6.95. The van der Waals surface area contributed by atoms with Crippen molar-refractivity contribution in [1.82, 2.24) is 30.2 Å². The molecular weight excluding hydrogens is 657 g/mol. The predicted octanol–water partition coefficient (Wildman–Crippen LogP) is 7.86. The van der Waals surface area contributed by atoms with Crippen molar-refractivity contribution in [2.24, 2.45) is 4.99 Å². The number of ether oxygens (including phenoxy) is 2. The Bertz CT molecular complexity index is 1530. The minimum atomic E-state index is -0.128. The molecule has 0 atom stereocenters. The summed E-state index contributed by atoms with van der Waals surface area (Å²) in [7, 11) is 3.05. The van der Waals surface area contributed by atoms with Gasteiger partial charge in [0.25, 0.3) is 0 Å². The summed E-state index contributed by atoms with van der Waals surface area (Å²) in [5, 5.41) is 13.8. The molecule has 4 aromatic rings. The maximum atomic E-state index is 6.38. The van der Waals surface area contributed by atoms with Gasteiger partial charge < -0.3 is 19.4 Å². The Hall–Kier alpha value is -2.47. The third-order valence-corrected chi connectivity index (χ3v) is 7.73. The zero-order valence-electron chi connectivity index (χ0n) is 22.0. The fraction of sp³-hybridized carbons (Fsp3) is 0.320. The van der Waals surface area contributed by atoms with E-state index >= 15 is 0 Å². The van der Waals surface area contributed by atoms with Crippen molar-refractivity contribution < 1.29 is 9.47 Å². The number of piperidine rings is 1. The van der Waals surface area contributed by atoms with Gasteiger partial charge >= 0.3 is 0 Å². The first-order valence-electron chi connectivity index (χ1n) is 12.1. The van der Waals surface area contributed by atoms with Crippen LogP contribution in [0, 0.1) is 6.92 Å². The van der Waals surface area contributed by atoms with Crippen LogP contribution in [-0.4, -0.2) is 62.1 Å². The van der Waals surface area contributed by atoms with Crippen LogP contribution in [0.1, 0.15) is 30.1 Å².